The zero-order valence-electron chi connectivity index (χ0n) is 13.4. The Hall–Kier alpha value is -1.14. The first-order valence-electron chi connectivity index (χ1n) is 7.95. The number of nitrogens with zero attached hydrogens (tertiary/aromatic N) is 1. The van der Waals surface area contributed by atoms with Crippen LogP contribution in [0.2, 0.25) is 0 Å². The van der Waals surface area contributed by atoms with E-state index in [1.807, 2.05) is 25.1 Å². The molecule has 1 N–H and O–H groups in total. The van der Waals surface area contributed by atoms with Crippen molar-refractivity contribution in [3.8, 4) is 5.75 Å². The Kier molecular flexibility index (Phi) is 4.68. The average Bonchev–Trinajstić information content (AvgIpc) is 2.98. The molecule has 2 aliphatic rings. The molecular weight excluding hydrogens is 282 g/mol. The molecule has 0 aromatic heterocycles. The zero-order valence-corrected chi connectivity index (χ0v) is 13.4. The van der Waals surface area contributed by atoms with E-state index in [1.54, 1.807) is 7.11 Å². The van der Waals surface area contributed by atoms with Gasteiger partial charge in [0.15, 0.2) is 5.79 Å². The maximum absolute atomic E-state index is 10.6. The van der Waals surface area contributed by atoms with Crippen molar-refractivity contribution in [2.75, 3.05) is 40.0 Å². The van der Waals surface area contributed by atoms with Gasteiger partial charge in [-0.05, 0) is 19.1 Å². The second-order valence-electron chi connectivity index (χ2n) is 6.17. The van der Waals surface area contributed by atoms with Crippen LogP contribution in [0.1, 0.15) is 30.1 Å². The molecule has 0 radical (unpaired) electrons. The number of benzene rings is 1. The van der Waals surface area contributed by atoms with Crippen LogP contribution in [0.15, 0.2) is 18.2 Å². The highest BCUT2D eigenvalue weighted by atomic mass is 16.7. The molecular formula is C17H25NO4. The van der Waals surface area contributed by atoms with Crippen LogP contribution in [0.3, 0.4) is 0 Å². The van der Waals surface area contributed by atoms with Crippen molar-refractivity contribution in [2.24, 2.45) is 0 Å². The molecule has 0 saturated carbocycles. The number of aliphatic hydroxyl groups excluding tert-OH is 1. The quantitative estimate of drug-likeness (QED) is 0.920. The molecule has 2 saturated heterocycles. The number of rotatable bonds is 4. The van der Waals surface area contributed by atoms with E-state index < -0.39 is 6.10 Å². The predicted molar refractivity (Wildman–Crippen MR) is 83.0 cm³/mol. The van der Waals surface area contributed by atoms with Crippen molar-refractivity contribution < 1.29 is 19.3 Å². The van der Waals surface area contributed by atoms with Crippen LogP contribution in [0.4, 0.5) is 0 Å². The van der Waals surface area contributed by atoms with Crippen molar-refractivity contribution in [1.29, 1.82) is 0 Å². The summed E-state index contributed by atoms with van der Waals surface area (Å²) < 4.78 is 16.8. The number of ether oxygens (including phenoxy) is 3. The summed E-state index contributed by atoms with van der Waals surface area (Å²) in [7, 11) is 1.64. The molecule has 122 valence electrons. The molecule has 2 heterocycles. The fraction of sp³-hybridized carbons (Fsp3) is 0.647. The third-order valence-electron chi connectivity index (χ3n) is 4.61. The van der Waals surface area contributed by atoms with Gasteiger partial charge in [0.1, 0.15) is 5.75 Å². The topological polar surface area (TPSA) is 51.2 Å². The van der Waals surface area contributed by atoms with Gasteiger partial charge in [-0.2, -0.15) is 0 Å². The SMILES string of the molecule is COc1ccc(C)cc1C(O)CN1CCC2(CC1)OCCO2. The monoisotopic (exact) mass is 307 g/mol. The first-order valence-corrected chi connectivity index (χ1v) is 7.95. The lowest BCUT2D eigenvalue weighted by Crippen LogP contribution is -2.46. The van der Waals surface area contributed by atoms with Crippen LogP contribution in [-0.4, -0.2) is 55.8 Å². The summed E-state index contributed by atoms with van der Waals surface area (Å²) in [6.45, 7) is 5.79. The molecule has 1 aromatic carbocycles. The molecule has 1 atom stereocenters. The normalized spacial score (nSPS) is 22.9. The number of aliphatic hydroxyl groups is 1. The van der Waals surface area contributed by atoms with Crippen LogP contribution in [0.25, 0.3) is 0 Å². The summed E-state index contributed by atoms with van der Waals surface area (Å²) >= 11 is 0. The number of methoxy groups -OCH3 is 1. The maximum atomic E-state index is 10.6. The second kappa shape index (κ2) is 6.54. The van der Waals surface area contributed by atoms with Crippen LogP contribution in [0, 0.1) is 6.92 Å². The minimum atomic E-state index is -0.547. The Bertz CT molecular complexity index is 503. The summed E-state index contributed by atoms with van der Waals surface area (Å²) in [5, 5.41) is 10.6. The summed E-state index contributed by atoms with van der Waals surface area (Å²) in [6.07, 6.45) is 1.18. The van der Waals surface area contributed by atoms with Gasteiger partial charge in [-0.3, -0.25) is 0 Å². The molecule has 5 heteroatoms. The van der Waals surface area contributed by atoms with Crippen LogP contribution >= 0.6 is 0 Å². The van der Waals surface area contributed by atoms with E-state index in [0.717, 1.165) is 42.8 Å². The van der Waals surface area contributed by atoms with Crippen molar-refractivity contribution in [2.45, 2.75) is 31.7 Å². The number of β-amino-alcohol motifs (C(OH)–C–C–N with tert-alkyl or cyclic N) is 1. The van der Waals surface area contributed by atoms with E-state index in [4.69, 9.17) is 14.2 Å². The first-order chi connectivity index (χ1) is 10.6. The van der Waals surface area contributed by atoms with E-state index in [0.29, 0.717) is 19.8 Å². The molecule has 0 bridgehead atoms. The minimum Gasteiger partial charge on any atom is -0.496 e. The Morgan fingerprint density at radius 3 is 2.59 bits per heavy atom. The average molecular weight is 307 g/mol. The van der Waals surface area contributed by atoms with Gasteiger partial charge >= 0.3 is 0 Å². The van der Waals surface area contributed by atoms with Crippen molar-refractivity contribution in [3.05, 3.63) is 29.3 Å². The summed E-state index contributed by atoms with van der Waals surface area (Å²) in [5.74, 6) is 0.386. The van der Waals surface area contributed by atoms with Crippen LogP contribution in [-0.2, 0) is 9.47 Å². The lowest BCUT2D eigenvalue weighted by atomic mass is 10.0. The van der Waals surface area contributed by atoms with E-state index >= 15 is 0 Å². The summed E-state index contributed by atoms with van der Waals surface area (Å²) in [6, 6.07) is 5.91. The first kappa shape index (κ1) is 15.7. The highest BCUT2D eigenvalue weighted by Gasteiger charge is 2.40. The molecule has 2 aliphatic heterocycles. The Balaban J connectivity index is 1.60. The zero-order chi connectivity index (χ0) is 15.6. The van der Waals surface area contributed by atoms with E-state index in [-0.39, 0.29) is 5.79 Å². The number of hydrogen-bond acceptors (Lipinski definition) is 5. The number of aryl methyl sites for hydroxylation is 1. The molecule has 1 aromatic rings. The van der Waals surface area contributed by atoms with Gasteiger partial charge < -0.3 is 24.2 Å². The molecule has 1 unspecified atom stereocenters. The van der Waals surface area contributed by atoms with Crippen LogP contribution in [0.5, 0.6) is 5.75 Å². The number of piperidine rings is 1. The summed E-state index contributed by atoms with van der Waals surface area (Å²) in [5.41, 5.74) is 1.98. The van der Waals surface area contributed by atoms with Crippen molar-refractivity contribution in [1.82, 2.24) is 4.90 Å². The lowest BCUT2D eigenvalue weighted by Gasteiger charge is -2.38. The molecule has 5 nitrogen and oxygen atoms in total. The van der Waals surface area contributed by atoms with Gasteiger partial charge in [-0.15, -0.1) is 0 Å². The molecule has 22 heavy (non-hydrogen) atoms. The fourth-order valence-electron chi connectivity index (χ4n) is 3.32. The molecule has 0 aliphatic carbocycles. The van der Waals surface area contributed by atoms with E-state index in [9.17, 15) is 5.11 Å². The smallest absolute Gasteiger partial charge is 0.170 e. The Morgan fingerprint density at radius 1 is 1.27 bits per heavy atom. The third kappa shape index (κ3) is 3.27. The molecule has 3 rings (SSSR count). The van der Waals surface area contributed by atoms with Crippen LogP contribution < -0.4 is 4.74 Å². The van der Waals surface area contributed by atoms with Gasteiger partial charge in [-0.25, -0.2) is 0 Å². The largest absolute Gasteiger partial charge is 0.496 e. The van der Waals surface area contributed by atoms with Gasteiger partial charge in [0, 0.05) is 38.0 Å². The van der Waals surface area contributed by atoms with Gasteiger partial charge in [0.25, 0.3) is 0 Å². The molecule has 1 spiro atoms. The molecule has 0 amide bonds. The molecule has 2 fully saturated rings. The standard InChI is InChI=1S/C17H25NO4/c1-13-3-4-16(20-2)14(11-13)15(19)12-18-7-5-17(6-8-18)21-9-10-22-17/h3-4,11,15,19H,5-10,12H2,1-2H3. The lowest BCUT2D eigenvalue weighted by molar-refractivity contribution is -0.186. The second-order valence-corrected chi connectivity index (χ2v) is 6.17. The number of hydrogen-bond donors (Lipinski definition) is 1. The predicted octanol–water partition coefficient (Wildman–Crippen LogP) is 1.88. The van der Waals surface area contributed by atoms with Gasteiger partial charge in [0.05, 0.1) is 26.4 Å². The minimum absolute atomic E-state index is 0.359. The Morgan fingerprint density at radius 2 is 1.95 bits per heavy atom. The maximum Gasteiger partial charge on any atom is 0.170 e. The van der Waals surface area contributed by atoms with Crippen molar-refractivity contribution >= 4 is 0 Å². The fourth-order valence-corrected chi connectivity index (χ4v) is 3.32. The number of likely N-dealkylation sites (tertiary alicyclic amines) is 1. The highest BCUT2D eigenvalue weighted by molar-refractivity contribution is 5.38. The van der Waals surface area contributed by atoms with Gasteiger partial charge in [-0.1, -0.05) is 11.6 Å². The third-order valence-corrected chi connectivity index (χ3v) is 4.61. The highest BCUT2D eigenvalue weighted by Crippen LogP contribution is 2.33. The summed E-state index contributed by atoms with van der Waals surface area (Å²) in [4.78, 5) is 2.27. The van der Waals surface area contributed by atoms with Gasteiger partial charge in [0.2, 0.25) is 0 Å². The van der Waals surface area contributed by atoms with Crippen molar-refractivity contribution in [3.63, 3.8) is 0 Å². The van der Waals surface area contributed by atoms with E-state index in [1.165, 1.54) is 0 Å². The Labute approximate surface area is 131 Å². The van der Waals surface area contributed by atoms with E-state index in [2.05, 4.69) is 4.90 Å².